The van der Waals surface area contributed by atoms with Gasteiger partial charge in [0.05, 0.1) is 31.9 Å². The number of nitrogens with zero attached hydrogens (tertiary/aromatic N) is 1. The first-order valence-electron chi connectivity index (χ1n) is 7.17. The molecule has 0 aliphatic carbocycles. The minimum absolute atomic E-state index is 0.0628. The lowest BCUT2D eigenvalue weighted by atomic mass is 10.2. The predicted octanol–water partition coefficient (Wildman–Crippen LogP) is 1.41. The van der Waals surface area contributed by atoms with Crippen molar-refractivity contribution in [3.8, 4) is 0 Å². The summed E-state index contributed by atoms with van der Waals surface area (Å²) in [6.45, 7) is 9.19. The van der Waals surface area contributed by atoms with E-state index in [0.717, 1.165) is 0 Å². The van der Waals surface area contributed by atoms with E-state index in [9.17, 15) is 9.90 Å². The third kappa shape index (κ3) is 6.07. The first kappa shape index (κ1) is 17.2. The topological polar surface area (TPSA) is 68.2 Å². The third-order valence-electron chi connectivity index (χ3n) is 2.90. The van der Waals surface area contributed by atoms with E-state index < -0.39 is 11.7 Å². The Kier molecular flexibility index (Phi) is 6.71. The van der Waals surface area contributed by atoms with Crippen LogP contribution in [0.5, 0.6) is 0 Å². The maximum absolute atomic E-state index is 12.2. The van der Waals surface area contributed by atoms with E-state index in [4.69, 9.17) is 14.2 Å². The SMILES string of the molecule is CCO[C@H]1CCO[C@H](CO)CN(C(=O)OC(C)(C)C)C1. The molecule has 1 aliphatic rings. The van der Waals surface area contributed by atoms with Crippen molar-refractivity contribution in [2.45, 2.75) is 51.9 Å². The standard InChI is InChI=1S/C14H27NO5/c1-5-18-11-6-7-19-12(10-16)9-15(8-11)13(17)20-14(2,3)4/h11-12,16H,5-10H2,1-4H3/t11-,12-/m0/s1. The van der Waals surface area contributed by atoms with Crippen LogP contribution in [0.15, 0.2) is 0 Å². The second kappa shape index (κ2) is 7.81. The van der Waals surface area contributed by atoms with Gasteiger partial charge in [-0.2, -0.15) is 0 Å². The van der Waals surface area contributed by atoms with Gasteiger partial charge in [0.2, 0.25) is 0 Å². The van der Waals surface area contributed by atoms with Crippen LogP contribution < -0.4 is 0 Å². The zero-order valence-corrected chi connectivity index (χ0v) is 12.9. The fourth-order valence-corrected chi connectivity index (χ4v) is 2.03. The van der Waals surface area contributed by atoms with Gasteiger partial charge >= 0.3 is 6.09 Å². The number of aliphatic hydroxyl groups excluding tert-OH is 1. The molecule has 6 heteroatoms. The van der Waals surface area contributed by atoms with E-state index in [1.165, 1.54) is 0 Å². The highest BCUT2D eigenvalue weighted by Gasteiger charge is 2.29. The van der Waals surface area contributed by atoms with Crippen molar-refractivity contribution in [1.29, 1.82) is 0 Å². The molecule has 0 aromatic rings. The van der Waals surface area contributed by atoms with Crippen molar-refractivity contribution in [1.82, 2.24) is 4.90 Å². The van der Waals surface area contributed by atoms with E-state index in [1.807, 2.05) is 27.7 Å². The molecule has 0 aromatic carbocycles. The number of amides is 1. The summed E-state index contributed by atoms with van der Waals surface area (Å²) < 4.78 is 16.5. The van der Waals surface area contributed by atoms with Crippen LogP contribution in [0.4, 0.5) is 4.79 Å². The normalized spacial score (nSPS) is 24.9. The molecule has 1 N–H and O–H groups in total. The first-order valence-corrected chi connectivity index (χ1v) is 7.17. The van der Waals surface area contributed by atoms with E-state index >= 15 is 0 Å². The Balaban J connectivity index is 2.71. The molecule has 0 spiro atoms. The molecule has 1 heterocycles. The van der Waals surface area contributed by atoms with Crippen molar-refractivity contribution in [3.63, 3.8) is 0 Å². The van der Waals surface area contributed by atoms with E-state index in [0.29, 0.717) is 32.7 Å². The monoisotopic (exact) mass is 289 g/mol. The second-order valence-corrected chi connectivity index (χ2v) is 5.93. The van der Waals surface area contributed by atoms with Gasteiger partial charge in [0.1, 0.15) is 5.60 Å². The third-order valence-corrected chi connectivity index (χ3v) is 2.90. The molecule has 2 atom stereocenters. The number of rotatable bonds is 3. The van der Waals surface area contributed by atoms with Crippen LogP contribution in [0.2, 0.25) is 0 Å². The quantitative estimate of drug-likeness (QED) is 0.851. The number of hydrogen-bond donors (Lipinski definition) is 1. The van der Waals surface area contributed by atoms with Crippen LogP contribution in [0.1, 0.15) is 34.1 Å². The summed E-state index contributed by atoms with van der Waals surface area (Å²) in [5.41, 5.74) is -0.546. The Hall–Kier alpha value is -0.850. The molecule has 0 radical (unpaired) electrons. The summed E-state index contributed by atoms with van der Waals surface area (Å²) in [6.07, 6.45) is -0.132. The molecular formula is C14H27NO5. The molecule has 6 nitrogen and oxygen atoms in total. The molecule has 20 heavy (non-hydrogen) atoms. The van der Waals surface area contributed by atoms with Crippen LogP contribution in [-0.2, 0) is 14.2 Å². The number of aliphatic hydroxyl groups is 1. The average molecular weight is 289 g/mol. The Bertz CT molecular complexity index is 302. The van der Waals surface area contributed by atoms with Crippen molar-refractivity contribution in [3.05, 3.63) is 0 Å². The molecule has 0 bridgehead atoms. The van der Waals surface area contributed by atoms with E-state index in [1.54, 1.807) is 4.90 Å². The largest absolute Gasteiger partial charge is 0.444 e. The average Bonchev–Trinajstić information content (AvgIpc) is 2.30. The fraction of sp³-hybridized carbons (Fsp3) is 0.929. The lowest BCUT2D eigenvalue weighted by Crippen LogP contribution is -2.48. The zero-order chi connectivity index (χ0) is 15.2. The van der Waals surface area contributed by atoms with Crippen LogP contribution in [-0.4, -0.2) is 66.8 Å². The van der Waals surface area contributed by atoms with Crippen LogP contribution in [0.3, 0.4) is 0 Å². The highest BCUT2D eigenvalue weighted by atomic mass is 16.6. The van der Waals surface area contributed by atoms with Gasteiger partial charge in [0.25, 0.3) is 0 Å². The van der Waals surface area contributed by atoms with Gasteiger partial charge in [-0.05, 0) is 34.1 Å². The maximum Gasteiger partial charge on any atom is 0.410 e. The maximum atomic E-state index is 12.2. The Labute approximate surface area is 121 Å². The number of carbonyl (C=O) groups is 1. The summed E-state index contributed by atoms with van der Waals surface area (Å²) >= 11 is 0. The lowest BCUT2D eigenvalue weighted by Gasteiger charge is -2.34. The minimum atomic E-state index is -0.546. The highest BCUT2D eigenvalue weighted by Crippen LogP contribution is 2.15. The van der Waals surface area contributed by atoms with Gasteiger partial charge in [0, 0.05) is 13.2 Å². The summed E-state index contributed by atoms with van der Waals surface area (Å²) in [6, 6.07) is 0. The Morgan fingerprint density at radius 3 is 2.65 bits per heavy atom. The smallest absolute Gasteiger partial charge is 0.410 e. The number of carbonyl (C=O) groups excluding carboxylic acids is 1. The van der Waals surface area contributed by atoms with Crippen LogP contribution >= 0.6 is 0 Å². The predicted molar refractivity (Wildman–Crippen MR) is 74.7 cm³/mol. The lowest BCUT2D eigenvalue weighted by molar-refractivity contribution is -0.0678. The first-order chi connectivity index (χ1) is 9.35. The molecule has 1 rings (SSSR count). The highest BCUT2D eigenvalue weighted by molar-refractivity contribution is 5.68. The van der Waals surface area contributed by atoms with Gasteiger partial charge in [-0.3, -0.25) is 0 Å². The van der Waals surface area contributed by atoms with Gasteiger partial charge in [-0.1, -0.05) is 0 Å². The molecular weight excluding hydrogens is 262 g/mol. The van der Waals surface area contributed by atoms with E-state index in [2.05, 4.69) is 0 Å². The minimum Gasteiger partial charge on any atom is -0.444 e. The Morgan fingerprint density at radius 1 is 1.40 bits per heavy atom. The van der Waals surface area contributed by atoms with Crippen molar-refractivity contribution in [2.24, 2.45) is 0 Å². The van der Waals surface area contributed by atoms with Gasteiger partial charge in [-0.25, -0.2) is 4.79 Å². The summed E-state index contributed by atoms with van der Waals surface area (Å²) in [4.78, 5) is 13.8. The second-order valence-electron chi connectivity index (χ2n) is 5.93. The zero-order valence-electron chi connectivity index (χ0n) is 12.9. The summed E-state index contributed by atoms with van der Waals surface area (Å²) in [5.74, 6) is 0. The van der Waals surface area contributed by atoms with Crippen LogP contribution in [0, 0.1) is 0 Å². The molecule has 1 saturated heterocycles. The summed E-state index contributed by atoms with van der Waals surface area (Å²) in [5, 5.41) is 9.27. The van der Waals surface area contributed by atoms with Gasteiger partial charge < -0.3 is 24.2 Å². The van der Waals surface area contributed by atoms with E-state index in [-0.39, 0.29) is 18.8 Å². The number of hydrogen-bond acceptors (Lipinski definition) is 5. The molecule has 118 valence electrons. The molecule has 1 fully saturated rings. The van der Waals surface area contributed by atoms with Gasteiger partial charge in [-0.15, -0.1) is 0 Å². The molecule has 1 aliphatic heterocycles. The molecule has 0 aromatic heterocycles. The fourth-order valence-electron chi connectivity index (χ4n) is 2.03. The van der Waals surface area contributed by atoms with Crippen molar-refractivity contribution < 1.29 is 24.1 Å². The van der Waals surface area contributed by atoms with Gasteiger partial charge in [0.15, 0.2) is 0 Å². The summed E-state index contributed by atoms with van der Waals surface area (Å²) in [7, 11) is 0. The number of ether oxygens (including phenoxy) is 3. The van der Waals surface area contributed by atoms with Crippen LogP contribution in [0.25, 0.3) is 0 Å². The van der Waals surface area contributed by atoms with Crippen molar-refractivity contribution >= 4 is 6.09 Å². The molecule has 1 amide bonds. The molecule has 0 saturated carbocycles. The van der Waals surface area contributed by atoms with Crippen molar-refractivity contribution in [2.75, 3.05) is 32.9 Å². The molecule has 0 unspecified atom stereocenters. The Morgan fingerprint density at radius 2 is 2.10 bits per heavy atom.